The lowest BCUT2D eigenvalue weighted by Crippen LogP contribution is -2.36. The minimum Gasteiger partial charge on any atom is -0.397 e. The summed E-state index contributed by atoms with van der Waals surface area (Å²) in [6.45, 7) is 4.90. The highest BCUT2D eigenvalue weighted by molar-refractivity contribution is 6.28. The maximum atomic E-state index is 12.4. The van der Waals surface area contributed by atoms with Gasteiger partial charge >= 0.3 is 0 Å². The summed E-state index contributed by atoms with van der Waals surface area (Å²) in [7, 11) is 0. The maximum Gasteiger partial charge on any atom is 0.259 e. The summed E-state index contributed by atoms with van der Waals surface area (Å²) in [5.41, 5.74) is 9.67. The molecule has 2 aromatic carbocycles. The number of nitrogens with one attached hydrogen (secondary N) is 2. The third-order valence-corrected chi connectivity index (χ3v) is 4.36. The lowest BCUT2D eigenvalue weighted by Gasteiger charge is -2.24. The van der Waals surface area contributed by atoms with E-state index >= 15 is 0 Å². The third kappa shape index (κ3) is 2.32. The number of carbonyl (C=O) groups excluding carboxylic acids is 2. The van der Waals surface area contributed by atoms with Gasteiger partial charge in [0.05, 0.1) is 16.9 Å². The first-order chi connectivity index (χ1) is 11.1. The molecule has 0 atom stereocenters. The van der Waals surface area contributed by atoms with Crippen LogP contribution in [-0.2, 0) is 6.42 Å². The first kappa shape index (κ1) is 15.3. The average molecular weight is 311 g/mol. The van der Waals surface area contributed by atoms with Gasteiger partial charge in [0.2, 0.25) is 0 Å². The molecule has 3 rings (SSSR count). The van der Waals surface area contributed by atoms with Crippen molar-refractivity contribution in [2.45, 2.75) is 33.1 Å². The smallest absolute Gasteiger partial charge is 0.259 e. The highest BCUT2D eigenvalue weighted by atomic mass is 16.2. The average Bonchev–Trinajstić information content (AvgIpc) is 2.54. The van der Waals surface area contributed by atoms with E-state index in [1.54, 1.807) is 6.07 Å². The molecule has 120 valence electrons. The van der Waals surface area contributed by atoms with Gasteiger partial charge < -0.3 is 11.1 Å². The van der Waals surface area contributed by atoms with Crippen LogP contribution in [0.1, 0.15) is 53.0 Å². The molecule has 0 fully saturated rings. The van der Waals surface area contributed by atoms with Crippen molar-refractivity contribution < 1.29 is 9.59 Å². The van der Waals surface area contributed by atoms with E-state index in [9.17, 15) is 9.59 Å². The summed E-state index contributed by atoms with van der Waals surface area (Å²) < 4.78 is 0. The zero-order chi connectivity index (χ0) is 16.6. The Kier molecular flexibility index (Phi) is 3.94. The number of carbonyl (C=O) groups is 2. The second-order valence-corrected chi connectivity index (χ2v) is 5.79. The summed E-state index contributed by atoms with van der Waals surface area (Å²) >= 11 is 0. The number of amides is 2. The van der Waals surface area contributed by atoms with Gasteiger partial charge in [-0.15, -0.1) is 0 Å². The first-order valence-corrected chi connectivity index (χ1v) is 8.06. The monoisotopic (exact) mass is 311 g/mol. The second-order valence-electron chi connectivity index (χ2n) is 5.79. The Hall–Kier alpha value is -2.56. The van der Waals surface area contributed by atoms with Crippen LogP contribution >= 0.6 is 0 Å². The Morgan fingerprint density at radius 1 is 1.17 bits per heavy atom. The van der Waals surface area contributed by atoms with E-state index in [1.807, 2.05) is 19.1 Å². The van der Waals surface area contributed by atoms with E-state index in [0.29, 0.717) is 28.6 Å². The fourth-order valence-electron chi connectivity index (χ4n) is 3.23. The Bertz CT molecular complexity index is 812. The number of unbranched alkanes of at least 4 members (excludes halogenated alkanes) is 1. The summed E-state index contributed by atoms with van der Waals surface area (Å²) in [5, 5.41) is 7.36. The van der Waals surface area contributed by atoms with Crippen LogP contribution in [0.4, 0.5) is 11.4 Å². The molecule has 0 spiro atoms. The normalized spacial score (nSPS) is 13.3. The number of rotatable bonds is 5. The molecule has 2 aromatic rings. The van der Waals surface area contributed by atoms with Crippen LogP contribution in [0.3, 0.4) is 0 Å². The van der Waals surface area contributed by atoms with Crippen molar-refractivity contribution in [3.8, 4) is 0 Å². The molecule has 0 aromatic heterocycles. The number of benzene rings is 2. The van der Waals surface area contributed by atoms with Crippen molar-refractivity contribution in [2.24, 2.45) is 0 Å². The molecular weight excluding hydrogens is 290 g/mol. The van der Waals surface area contributed by atoms with Crippen molar-refractivity contribution in [2.75, 3.05) is 17.6 Å². The topological polar surface area (TPSA) is 84.2 Å². The van der Waals surface area contributed by atoms with Crippen LogP contribution < -0.4 is 16.4 Å². The second kappa shape index (κ2) is 5.91. The Morgan fingerprint density at radius 2 is 1.96 bits per heavy atom. The van der Waals surface area contributed by atoms with E-state index in [-0.39, 0.29) is 11.8 Å². The van der Waals surface area contributed by atoms with Crippen LogP contribution in [0.5, 0.6) is 0 Å². The number of imide groups is 1. The lowest BCUT2D eigenvalue weighted by molar-refractivity contribution is 0.0844. The van der Waals surface area contributed by atoms with Gasteiger partial charge in [-0.25, -0.2) is 0 Å². The molecule has 1 heterocycles. The molecular formula is C18H21N3O2. The molecule has 0 aliphatic carbocycles. The number of nitrogen functional groups attached to an aromatic ring is 1. The summed E-state index contributed by atoms with van der Waals surface area (Å²) in [5.74, 6) is -0.707. The van der Waals surface area contributed by atoms with Crippen molar-refractivity contribution in [3.63, 3.8) is 0 Å². The molecule has 1 aliphatic rings. The van der Waals surface area contributed by atoms with E-state index in [4.69, 9.17) is 5.73 Å². The zero-order valence-corrected chi connectivity index (χ0v) is 13.5. The van der Waals surface area contributed by atoms with Crippen LogP contribution in [0.2, 0.25) is 0 Å². The highest BCUT2D eigenvalue weighted by Gasteiger charge is 2.30. The van der Waals surface area contributed by atoms with Gasteiger partial charge in [-0.2, -0.15) is 0 Å². The molecule has 0 radical (unpaired) electrons. The van der Waals surface area contributed by atoms with Crippen LogP contribution in [0.15, 0.2) is 18.2 Å². The van der Waals surface area contributed by atoms with Crippen molar-refractivity contribution >= 4 is 34.0 Å². The van der Waals surface area contributed by atoms with E-state index < -0.39 is 0 Å². The maximum absolute atomic E-state index is 12.4. The van der Waals surface area contributed by atoms with Gasteiger partial charge in [-0.05, 0) is 24.5 Å². The Balaban J connectivity index is 2.34. The van der Waals surface area contributed by atoms with Gasteiger partial charge in [-0.1, -0.05) is 32.4 Å². The standard InChI is InChI=1S/C18H21N3O2/c1-3-5-9-20-16-11-7-6-8-12-13(11)14(10(4-2)15(16)19)18(23)21-17(12)22/h6-8,20H,3-5,9,19H2,1-2H3,(H,21,22,23). The molecule has 5 nitrogen and oxygen atoms in total. The quantitative estimate of drug-likeness (QED) is 0.450. The molecule has 23 heavy (non-hydrogen) atoms. The predicted octanol–water partition coefficient (Wildman–Crippen LogP) is 3.08. The zero-order valence-electron chi connectivity index (χ0n) is 13.5. The van der Waals surface area contributed by atoms with Gasteiger partial charge in [0.25, 0.3) is 11.8 Å². The minimum absolute atomic E-state index is 0.348. The van der Waals surface area contributed by atoms with Gasteiger partial charge in [0.15, 0.2) is 0 Å². The van der Waals surface area contributed by atoms with Gasteiger partial charge in [0.1, 0.15) is 0 Å². The van der Waals surface area contributed by atoms with E-state index in [1.165, 1.54) is 0 Å². The minimum atomic E-state index is -0.359. The SMILES string of the molecule is CCCCNc1c(N)c(CC)c2c3c(cccc13)C(=O)NC2=O. The number of nitrogens with two attached hydrogens (primary N) is 1. The van der Waals surface area contributed by atoms with Crippen LogP contribution in [0, 0.1) is 0 Å². The van der Waals surface area contributed by atoms with E-state index in [2.05, 4.69) is 17.6 Å². The summed E-state index contributed by atoms with van der Waals surface area (Å²) in [6, 6.07) is 5.49. The number of hydrogen-bond donors (Lipinski definition) is 3. The fraction of sp³-hybridized carbons (Fsp3) is 0.333. The summed E-state index contributed by atoms with van der Waals surface area (Å²) in [6.07, 6.45) is 2.74. The molecule has 2 amide bonds. The van der Waals surface area contributed by atoms with E-state index in [0.717, 1.165) is 36.0 Å². The molecule has 4 N–H and O–H groups in total. The van der Waals surface area contributed by atoms with Crippen LogP contribution in [0.25, 0.3) is 10.8 Å². The van der Waals surface area contributed by atoms with Gasteiger partial charge in [-0.3, -0.25) is 14.9 Å². The van der Waals surface area contributed by atoms with Gasteiger partial charge in [0, 0.05) is 22.9 Å². The molecule has 0 saturated heterocycles. The van der Waals surface area contributed by atoms with Crippen molar-refractivity contribution in [1.29, 1.82) is 0 Å². The third-order valence-electron chi connectivity index (χ3n) is 4.36. The van der Waals surface area contributed by atoms with Crippen molar-refractivity contribution in [3.05, 3.63) is 34.9 Å². The predicted molar refractivity (Wildman–Crippen MR) is 92.9 cm³/mol. The number of anilines is 2. The summed E-state index contributed by atoms with van der Waals surface area (Å²) in [4.78, 5) is 24.5. The van der Waals surface area contributed by atoms with Crippen molar-refractivity contribution in [1.82, 2.24) is 5.32 Å². The molecule has 0 bridgehead atoms. The molecule has 5 heteroatoms. The Labute approximate surface area is 135 Å². The molecule has 0 unspecified atom stereocenters. The Morgan fingerprint density at radius 3 is 2.65 bits per heavy atom. The lowest BCUT2D eigenvalue weighted by atomic mass is 9.88. The first-order valence-electron chi connectivity index (χ1n) is 8.06. The number of hydrogen-bond acceptors (Lipinski definition) is 4. The highest BCUT2D eigenvalue weighted by Crippen LogP contribution is 2.40. The van der Waals surface area contributed by atoms with Crippen LogP contribution in [-0.4, -0.2) is 18.4 Å². The molecule has 0 saturated carbocycles. The largest absolute Gasteiger partial charge is 0.397 e. The fourth-order valence-corrected chi connectivity index (χ4v) is 3.23. The molecule has 1 aliphatic heterocycles.